The van der Waals surface area contributed by atoms with Crippen molar-refractivity contribution in [2.45, 2.75) is 19.4 Å². The molecule has 1 fully saturated rings. The van der Waals surface area contributed by atoms with Crippen molar-refractivity contribution in [1.82, 2.24) is 0 Å². The first kappa shape index (κ1) is 11.1. The first-order chi connectivity index (χ1) is 7.59. The van der Waals surface area contributed by atoms with Gasteiger partial charge in [-0.1, -0.05) is 17.7 Å². The van der Waals surface area contributed by atoms with Gasteiger partial charge in [-0.25, -0.2) is 4.39 Å². The largest absolute Gasteiger partial charge is 0.481 e. The van der Waals surface area contributed by atoms with Crippen molar-refractivity contribution in [1.29, 1.82) is 0 Å². The summed E-state index contributed by atoms with van der Waals surface area (Å²) in [5, 5.41) is 9.00. The van der Waals surface area contributed by atoms with Crippen LogP contribution in [0.4, 0.5) is 4.39 Å². The van der Waals surface area contributed by atoms with Crippen LogP contribution >= 0.6 is 0 Å². The molecule has 86 valence electrons. The first-order valence-corrected chi connectivity index (χ1v) is 5.20. The quantitative estimate of drug-likeness (QED) is 0.838. The average molecular weight is 224 g/mol. The second kappa shape index (κ2) is 4.22. The Kier molecular flexibility index (Phi) is 2.92. The van der Waals surface area contributed by atoms with Crippen LogP contribution in [0.5, 0.6) is 0 Å². The maximum atomic E-state index is 13.6. The molecule has 0 spiro atoms. The minimum atomic E-state index is -0.927. The second-order valence-electron chi connectivity index (χ2n) is 4.05. The lowest BCUT2D eigenvalue weighted by molar-refractivity contribution is -0.143. The van der Waals surface area contributed by atoms with Gasteiger partial charge < -0.3 is 9.84 Å². The van der Waals surface area contributed by atoms with E-state index in [1.165, 1.54) is 6.07 Å². The highest BCUT2D eigenvalue weighted by Gasteiger charge is 2.36. The van der Waals surface area contributed by atoms with Gasteiger partial charge in [-0.15, -0.1) is 0 Å². The predicted molar refractivity (Wildman–Crippen MR) is 55.6 cm³/mol. The molecule has 2 unspecified atom stereocenters. The molecule has 0 bridgehead atoms. The van der Waals surface area contributed by atoms with E-state index >= 15 is 0 Å². The number of benzene rings is 1. The standard InChI is InChI=1S/C12H13FO3/c1-7-2-3-10(13)9(6-7)11-8(12(14)15)4-5-16-11/h2-3,6,8,11H,4-5H2,1H3,(H,14,15). The van der Waals surface area contributed by atoms with E-state index in [0.29, 0.717) is 18.6 Å². The van der Waals surface area contributed by atoms with Crippen LogP contribution in [0.25, 0.3) is 0 Å². The van der Waals surface area contributed by atoms with Crippen LogP contribution in [-0.2, 0) is 9.53 Å². The maximum absolute atomic E-state index is 13.6. The van der Waals surface area contributed by atoms with E-state index in [0.717, 1.165) is 5.56 Å². The van der Waals surface area contributed by atoms with Crippen molar-refractivity contribution in [2.24, 2.45) is 5.92 Å². The van der Waals surface area contributed by atoms with Crippen LogP contribution in [0.2, 0.25) is 0 Å². The number of carboxylic acid groups (broad SMARTS) is 1. The Labute approximate surface area is 92.9 Å². The summed E-state index contributed by atoms with van der Waals surface area (Å²) >= 11 is 0. The number of aliphatic carboxylic acids is 1. The molecule has 1 N–H and O–H groups in total. The third-order valence-corrected chi connectivity index (χ3v) is 2.87. The van der Waals surface area contributed by atoms with Gasteiger partial charge in [0.25, 0.3) is 0 Å². The highest BCUT2D eigenvalue weighted by atomic mass is 19.1. The highest BCUT2D eigenvalue weighted by Crippen LogP contribution is 2.36. The third kappa shape index (κ3) is 1.93. The van der Waals surface area contributed by atoms with Gasteiger partial charge in [0.15, 0.2) is 0 Å². The van der Waals surface area contributed by atoms with E-state index in [9.17, 15) is 9.18 Å². The summed E-state index contributed by atoms with van der Waals surface area (Å²) in [4.78, 5) is 11.0. The number of ether oxygens (including phenoxy) is 1. The fourth-order valence-corrected chi connectivity index (χ4v) is 2.03. The number of hydrogen-bond donors (Lipinski definition) is 1. The Morgan fingerprint density at radius 1 is 1.56 bits per heavy atom. The molecule has 0 radical (unpaired) electrons. The molecule has 1 aromatic rings. The van der Waals surface area contributed by atoms with Crippen LogP contribution in [0.3, 0.4) is 0 Å². The predicted octanol–water partition coefficient (Wildman–Crippen LogP) is 2.30. The minimum absolute atomic E-state index is 0.352. The smallest absolute Gasteiger partial charge is 0.309 e. The van der Waals surface area contributed by atoms with Gasteiger partial charge in [0, 0.05) is 12.2 Å². The van der Waals surface area contributed by atoms with Crippen molar-refractivity contribution in [3.05, 3.63) is 35.1 Å². The van der Waals surface area contributed by atoms with E-state index in [1.54, 1.807) is 12.1 Å². The van der Waals surface area contributed by atoms with Gasteiger partial charge in [-0.2, -0.15) is 0 Å². The number of carboxylic acids is 1. The molecule has 4 heteroatoms. The fourth-order valence-electron chi connectivity index (χ4n) is 2.03. The molecule has 1 aliphatic rings. The Bertz CT molecular complexity index is 417. The zero-order valence-electron chi connectivity index (χ0n) is 8.94. The number of aryl methyl sites for hydroxylation is 1. The van der Waals surface area contributed by atoms with E-state index < -0.39 is 23.8 Å². The lowest BCUT2D eigenvalue weighted by Crippen LogP contribution is -2.18. The second-order valence-corrected chi connectivity index (χ2v) is 4.05. The number of halogens is 1. The van der Waals surface area contributed by atoms with E-state index in [4.69, 9.17) is 9.84 Å². The molecule has 0 saturated carbocycles. The molecule has 0 amide bonds. The van der Waals surface area contributed by atoms with Crippen LogP contribution in [0.1, 0.15) is 23.7 Å². The lowest BCUT2D eigenvalue weighted by atomic mass is 9.94. The van der Waals surface area contributed by atoms with Gasteiger partial charge in [0.2, 0.25) is 0 Å². The molecule has 0 aromatic heterocycles. The van der Waals surface area contributed by atoms with E-state index in [2.05, 4.69) is 0 Å². The summed E-state index contributed by atoms with van der Waals surface area (Å²) in [6, 6.07) is 4.66. The van der Waals surface area contributed by atoms with Crippen molar-refractivity contribution in [3.8, 4) is 0 Å². The summed E-state index contributed by atoms with van der Waals surface area (Å²) in [5.41, 5.74) is 1.25. The van der Waals surface area contributed by atoms with Gasteiger partial charge in [0.05, 0.1) is 12.0 Å². The van der Waals surface area contributed by atoms with Crippen molar-refractivity contribution < 1.29 is 19.0 Å². The summed E-state index contributed by atoms with van der Waals surface area (Å²) in [6.07, 6.45) is -0.217. The Morgan fingerprint density at radius 2 is 2.31 bits per heavy atom. The Hall–Kier alpha value is -1.42. The van der Waals surface area contributed by atoms with E-state index in [1.807, 2.05) is 6.92 Å². The lowest BCUT2D eigenvalue weighted by Gasteiger charge is -2.16. The monoisotopic (exact) mass is 224 g/mol. The van der Waals surface area contributed by atoms with Crippen molar-refractivity contribution >= 4 is 5.97 Å². The Morgan fingerprint density at radius 3 is 3.00 bits per heavy atom. The first-order valence-electron chi connectivity index (χ1n) is 5.20. The van der Waals surface area contributed by atoms with Crippen molar-refractivity contribution in [3.63, 3.8) is 0 Å². The molecule has 2 atom stereocenters. The Balaban J connectivity index is 2.35. The molecule has 2 rings (SSSR count). The molecule has 3 nitrogen and oxygen atoms in total. The van der Waals surface area contributed by atoms with Crippen LogP contribution < -0.4 is 0 Å². The zero-order valence-corrected chi connectivity index (χ0v) is 8.94. The van der Waals surface area contributed by atoms with Crippen molar-refractivity contribution in [2.75, 3.05) is 6.61 Å². The summed E-state index contributed by atoms with van der Waals surface area (Å²) in [7, 11) is 0. The summed E-state index contributed by atoms with van der Waals surface area (Å²) in [6.45, 7) is 2.21. The normalized spacial score (nSPS) is 24.6. The fraction of sp³-hybridized carbons (Fsp3) is 0.417. The maximum Gasteiger partial charge on any atom is 0.309 e. The number of hydrogen-bond acceptors (Lipinski definition) is 2. The zero-order chi connectivity index (χ0) is 11.7. The number of rotatable bonds is 2. The van der Waals surface area contributed by atoms with Gasteiger partial charge in [-0.05, 0) is 19.4 Å². The van der Waals surface area contributed by atoms with Gasteiger partial charge in [0.1, 0.15) is 5.82 Å². The third-order valence-electron chi connectivity index (χ3n) is 2.87. The molecule has 1 aromatic carbocycles. The molecule has 1 heterocycles. The average Bonchev–Trinajstić information content (AvgIpc) is 2.70. The van der Waals surface area contributed by atoms with Crippen LogP contribution in [0, 0.1) is 18.7 Å². The van der Waals surface area contributed by atoms with Crippen LogP contribution in [0.15, 0.2) is 18.2 Å². The summed E-state index contributed by atoms with van der Waals surface area (Å²) < 4.78 is 18.9. The van der Waals surface area contributed by atoms with Gasteiger partial charge >= 0.3 is 5.97 Å². The number of carbonyl (C=O) groups is 1. The van der Waals surface area contributed by atoms with Gasteiger partial charge in [-0.3, -0.25) is 4.79 Å². The molecular weight excluding hydrogens is 211 g/mol. The molecule has 1 saturated heterocycles. The van der Waals surface area contributed by atoms with Crippen LogP contribution in [-0.4, -0.2) is 17.7 Å². The SMILES string of the molecule is Cc1ccc(F)c(C2OCCC2C(=O)O)c1. The molecule has 16 heavy (non-hydrogen) atoms. The minimum Gasteiger partial charge on any atom is -0.481 e. The summed E-state index contributed by atoms with van der Waals surface area (Å²) in [5.74, 6) is -1.97. The molecule has 1 aliphatic heterocycles. The molecule has 0 aliphatic carbocycles. The highest BCUT2D eigenvalue weighted by molar-refractivity contribution is 5.71. The molecular formula is C12H13FO3. The van der Waals surface area contributed by atoms with E-state index in [-0.39, 0.29) is 0 Å². The topological polar surface area (TPSA) is 46.5 Å².